The molecular formula is C25H28O3Se. The van der Waals surface area contributed by atoms with Crippen LogP contribution in [0.2, 0.25) is 0 Å². The Morgan fingerprint density at radius 1 is 1.03 bits per heavy atom. The Kier molecular flexibility index (Phi) is 6.13. The van der Waals surface area contributed by atoms with Crippen LogP contribution in [0.1, 0.15) is 74.5 Å². The molecule has 2 aromatic carbocycles. The fourth-order valence-electron chi connectivity index (χ4n) is 3.93. The second-order valence-corrected chi connectivity index (χ2v) is 10.5. The number of aromatic hydroxyl groups is 1. The molecule has 0 atom stereocenters. The third-order valence-corrected chi connectivity index (χ3v) is 7.23. The maximum absolute atomic E-state index is 11.8. The van der Waals surface area contributed by atoms with Crippen LogP contribution in [0.15, 0.2) is 36.4 Å². The number of phenols is 1. The molecule has 0 bridgehead atoms. The van der Waals surface area contributed by atoms with Crippen molar-refractivity contribution in [3.8, 4) is 16.5 Å². The Morgan fingerprint density at radius 2 is 1.66 bits per heavy atom. The van der Waals surface area contributed by atoms with Gasteiger partial charge in [-0.15, -0.1) is 0 Å². The predicted molar refractivity (Wildman–Crippen MR) is 118 cm³/mol. The zero-order valence-electron chi connectivity index (χ0n) is 17.8. The van der Waals surface area contributed by atoms with Crippen LogP contribution in [0.5, 0.6) is 5.75 Å². The standard InChI is InChI=1S/C25H28O3Se/c1-6-28-23(27)18-9-7-17(8-10-18)13-16-29-20-12-11-19(26)21-22(20)25(4,5)15-14-24(21,2)3/h7-12,26H,6,14-15H2,1-5H3. The van der Waals surface area contributed by atoms with Gasteiger partial charge in [0, 0.05) is 0 Å². The molecule has 1 N–H and O–H groups in total. The number of phenolic OH excluding ortho intramolecular Hbond substituents is 1. The van der Waals surface area contributed by atoms with Gasteiger partial charge in [-0.05, 0) is 0 Å². The van der Waals surface area contributed by atoms with Gasteiger partial charge in [-0.1, -0.05) is 0 Å². The monoisotopic (exact) mass is 456 g/mol. The average molecular weight is 455 g/mol. The van der Waals surface area contributed by atoms with E-state index in [0.29, 0.717) is 17.9 Å². The summed E-state index contributed by atoms with van der Waals surface area (Å²) in [5.41, 5.74) is 3.79. The van der Waals surface area contributed by atoms with E-state index in [2.05, 4.69) is 38.4 Å². The van der Waals surface area contributed by atoms with E-state index in [9.17, 15) is 9.90 Å². The number of rotatable bonds is 3. The van der Waals surface area contributed by atoms with Crippen LogP contribution in [0.4, 0.5) is 0 Å². The van der Waals surface area contributed by atoms with Gasteiger partial charge in [0.05, 0.1) is 0 Å². The van der Waals surface area contributed by atoms with E-state index in [1.165, 1.54) is 10.0 Å². The number of ether oxygens (including phenoxy) is 1. The number of fused-ring (bicyclic) bond motifs is 1. The number of benzene rings is 2. The molecule has 1 aliphatic rings. The molecule has 3 rings (SSSR count). The van der Waals surface area contributed by atoms with Crippen LogP contribution in [0, 0.1) is 10.7 Å². The molecule has 0 aromatic heterocycles. The molecule has 0 spiro atoms. The number of hydrogen-bond acceptors (Lipinski definition) is 3. The molecular weight excluding hydrogens is 427 g/mol. The fraction of sp³-hybridized carbons (Fsp3) is 0.400. The van der Waals surface area contributed by atoms with Crippen molar-refractivity contribution in [3.05, 3.63) is 58.7 Å². The molecule has 4 heteroatoms. The molecule has 0 saturated carbocycles. The first-order valence-corrected chi connectivity index (χ1v) is 11.7. The summed E-state index contributed by atoms with van der Waals surface area (Å²) in [6.07, 6.45) is 2.16. The first-order chi connectivity index (χ1) is 13.7. The van der Waals surface area contributed by atoms with E-state index < -0.39 is 0 Å². The van der Waals surface area contributed by atoms with Crippen LogP contribution in [-0.2, 0) is 15.6 Å². The molecule has 1 aliphatic carbocycles. The van der Waals surface area contributed by atoms with Gasteiger partial charge in [-0.25, -0.2) is 0 Å². The van der Waals surface area contributed by atoms with Gasteiger partial charge in [-0.3, -0.25) is 0 Å². The fourth-order valence-corrected chi connectivity index (χ4v) is 5.81. The van der Waals surface area contributed by atoms with Crippen molar-refractivity contribution < 1.29 is 14.6 Å². The molecule has 0 saturated heterocycles. The molecule has 0 unspecified atom stereocenters. The van der Waals surface area contributed by atoms with Gasteiger partial charge in [0.2, 0.25) is 0 Å². The molecule has 29 heavy (non-hydrogen) atoms. The van der Waals surface area contributed by atoms with E-state index in [4.69, 9.17) is 4.74 Å². The average Bonchev–Trinajstić information content (AvgIpc) is 2.67. The number of hydrogen-bond donors (Lipinski definition) is 1. The van der Waals surface area contributed by atoms with E-state index in [-0.39, 0.29) is 31.8 Å². The Bertz CT molecular complexity index is 976. The zero-order valence-corrected chi connectivity index (χ0v) is 19.5. The normalized spacial score (nSPS) is 16.3. The van der Waals surface area contributed by atoms with Crippen molar-refractivity contribution in [2.24, 2.45) is 0 Å². The molecule has 0 fully saturated rings. The third-order valence-electron chi connectivity index (χ3n) is 5.63. The minimum atomic E-state index is -0.309. The molecule has 0 amide bonds. The summed E-state index contributed by atoms with van der Waals surface area (Å²) in [6, 6.07) is 11.1. The molecule has 3 nitrogen and oxygen atoms in total. The van der Waals surface area contributed by atoms with Gasteiger partial charge in [0.1, 0.15) is 0 Å². The minimum absolute atomic E-state index is 0.0255. The van der Waals surface area contributed by atoms with Crippen LogP contribution >= 0.6 is 0 Å². The summed E-state index contributed by atoms with van der Waals surface area (Å²) >= 11 is -0.0255. The summed E-state index contributed by atoms with van der Waals surface area (Å²) in [5, 5.41) is 10.6. The van der Waals surface area contributed by atoms with Crippen molar-refractivity contribution in [2.75, 3.05) is 6.61 Å². The number of carbonyl (C=O) groups excluding carboxylic acids is 1. The van der Waals surface area contributed by atoms with E-state index in [0.717, 1.165) is 24.0 Å². The first-order valence-electron chi connectivity index (χ1n) is 9.98. The van der Waals surface area contributed by atoms with Crippen molar-refractivity contribution in [1.29, 1.82) is 0 Å². The topological polar surface area (TPSA) is 46.5 Å². The van der Waals surface area contributed by atoms with E-state index in [1.807, 2.05) is 24.3 Å². The second kappa shape index (κ2) is 8.26. The Morgan fingerprint density at radius 3 is 2.28 bits per heavy atom. The van der Waals surface area contributed by atoms with Crippen LogP contribution < -0.4 is 4.46 Å². The third kappa shape index (κ3) is 4.53. The summed E-state index contributed by atoms with van der Waals surface area (Å²) in [5.74, 6) is 3.32. The Hall–Kier alpha value is -2.21. The first kappa shape index (κ1) is 21.5. The van der Waals surface area contributed by atoms with Crippen molar-refractivity contribution in [1.82, 2.24) is 0 Å². The summed E-state index contributed by atoms with van der Waals surface area (Å²) in [7, 11) is 0. The van der Waals surface area contributed by atoms with Crippen LogP contribution in [-0.4, -0.2) is 32.6 Å². The molecule has 0 aliphatic heterocycles. The van der Waals surface area contributed by atoms with Crippen molar-refractivity contribution in [2.45, 2.75) is 58.3 Å². The van der Waals surface area contributed by atoms with Crippen molar-refractivity contribution in [3.63, 3.8) is 0 Å². The Labute approximate surface area is 180 Å². The SMILES string of the molecule is CCOC(=O)c1ccc(C#C[Se]c2ccc(O)c3c2C(C)(C)CCC3(C)C)cc1. The Balaban J connectivity index is 1.87. The molecule has 0 heterocycles. The second-order valence-electron chi connectivity index (χ2n) is 8.73. The summed E-state index contributed by atoms with van der Waals surface area (Å²) in [4.78, 5) is 15.1. The number of esters is 1. The van der Waals surface area contributed by atoms with E-state index in [1.54, 1.807) is 19.1 Å². The molecule has 152 valence electrons. The van der Waals surface area contributed by atoms with E-state index >= 15 is 0 Å². The van der Waals surface area contributed by atoms with Gasteiger partial charge >= 0.3 is 180 Å². The van der Waals surface area contributed by atoms with Gasteiger partial charge in [0.25, 0.3) is 0 Å². The molecule has 2 aromatic rings. The zero-order chi connectivity index (χ0) is 21.2. The number of carbonyl (C=O) groups is 1. The molecule has 0 radical (unpaired) electrons. The van der Waals surface area contributed by atoms with Crippen molar-refractivity contribution >= 4 is 25.4 Å². The quantitative estimate of drug-likeness (QED) is 0.428. The summed E-state index contributed by atoms with van der Waals surface area (Å²) < 4.78 is 6.26. The van der Waals surface area contributed by atoms with Crippen LogP contribution in [0.3, 0.4) is 0 Å². The predicted octanol–water partition coefficient (Wildman–Crippen LogP) is 4.26. The van der Waals surface area contributed by atoms with Gasteiger partial charge in [0.15, 0.2) is 0 Å². The maximum atomic E-state index is 11.8. The summed E-state index contributed by atoms with van der Waals surface area (Å²) in [6.45, 7) is 11.1. The van der Waals surface area contributed by atoms with Crippen LogP contribution in [0.25, 0.3) is 0 Å². The van der Waals surface area contributed by atoms with Gasteiger partial charge < -0.3 is 0 Å². The van der Waals surface area contributed by atoms with Gasteiger partial charge in [-0.2, -0.15) is 0 Å².